The molecular weight excluding hydrogens is 412 g/mol. The average molecular weight is 435 g/mol. The standard InChI is InChI=1S/C24H23ClN4O2/c1-13-6-8-17(9-7-13)29-23-22(16(4)28-29)18(11-15(3)26-23)24(30)27-20-10-14(2)19(25)12-21(20)31-5/h6-12H,1-5H3,(H,27,30). The minimum absolute atomic E-state index is 0.262. The number of nitrogens with zero attached hydrogens (tertiary/aromatic N) is 3. The van der Waals surface area contributed by atoms with Crippen LogP contribution in [-0.4, -0.2) is 27.8 Å². The smallest absolute Gasteiger partial charge is 0.256 e. The topological polar surface area (TPSA) is 69.0 Å². The van der Waals surface area contributed by atoms with E-state index in [9.17, 15) is 4.79 Å². The quantitative estimate of drug-likeness (QED) is 0.456. The first-order valence-electron chi connectivity index (χ1n) is 9.88. The average Bonchev–Trinajstić information content (AvgIpc) is 3.06. The Hall–Kier alpha value is -3.38. The highest BCUT2D eigenvalue weighted by molar-refractivity contribution is 6.31. The van der Waals surface area contributed by atoms with E-state index in [4.69, 9.17) is 16.3 Å². The lowest BCUT2D eigenvalue weighted by Gasteiger charge is -2.13. The van der Waals surface area contributed by atoms with Crippen LogP contribution in [0.1, 0.15) is 32.9 Å². The van der Waals surface area contributed by atoms with E-state index < -0.39 is 0 Å². The van der Waals surface area contributed by atoms with Crippen LogP contribution in [0.3, 0.4) is 0 Å². The molecule has 0 spiro atoms. The van der Waals surface area contributed by atoms with Gasteiger partial charge in [0.15, 0.2) is 5.65 Å². The molecule has 7 heteroatoms. The summed E-state index contributed by atoms with van der Waals surface area (Å²) in [6, 6.07) is 13.3. The maximum absolute atomic E-state index is 13.3. The van der Waals surface area contributed by atoms with Crippen LogP contribution in [0.15, 0.2) is 42.5 Å². The van der Waals surface area contributed by atoms with Crippen molar-refractivity contribution < 1.29 is 9.53 Å². The fraction of sp³-hybridized carbons (Fsp3) is 0.208. The monoisotopic (exact) mass is 434 g/mol. The fourth-order valence-electron chi connectivity index (χ4n) is 3.58. The molecule has 0 aliphatic rings. The fourth-order valence-corrected chi connectivity index (χ4v) is 3.73. The number of rotatable bonds is 4. The zero-order valence-corrected chi connectivity index (χ0v) is 18.8. The number of benzene rings is 2. The van der Waals surface area contributed by atoms with Crippen LogP contribution < -0.4 is 10.1 Å². The summed E-state index contributed by atoms with van der Waals surface area (Å²) >= 11 is 6.20. The zero-order chi connectivity index (χ0) is 22.3. The van der Waals surface area contributed by atoms with Crippen molar-refractivity contribution in [2.24, 2.45) is 0 Å². The summed E-state index contributed by atoms with van der Waals surface area (Å²) in [5.74, 6) is 0.236. The maximum atomic E-state index is 13.3. The number of aryl methyl sites for hydroxylation is 4. The van der Waals surface area contributed by atoms with Gasteiger partial charge in [-0.2, -0.15) is 5.10 Å². The van der Waals surface area contributed by atoms with Crippen LogP contribution in [0.5, 0.6) is 5.75 Å². The number of hydrogen-bond donors (Lipinski definition) is 1. The molecule has 0 atom stereocenters. The van der Waals surface area contributed by atoms with Crippen molar-refractivity contribution in [2.75, 3.05) is 12.4 Å². The second-order valence-electron chi connectivity index (χ2n) is 7.60. The van der Waals surface area contributed by atoms with Gasteiger partial charge in [0.25, 0.3) is 5.91 Å². The van der Waals surface area contributed by atoms with Crippen molar-refractivity contribution >= 4 is 34.2 Å². The molecule has 0 aliphatic carbocycles. The van der Waals surface area contributed by atoms with Gasteiger partial charge in [0.05, 0.1) is 35.1 Å². The summed E-state index contributed by atoms with van der Waals surface area (Å²) in [5.41, 5.74) is 6.06. The highest BCUT2D eigenvalue weighted by atomic mass is 35.5. The highest BCUT2D eigenvalue weighted by Crippen LogP contribution is 2.32. The van der Waals surface area contributed by atoms with E-state index in [-0.39, 0.29) is 5.91 Å². The van der Waals surface area contributed by atoms with Gasteiger partial charge in [-0.3, -0.25) is 4.79 Å². The molecular formula is C24H23ClN4O2. The number of carbonyl (C=O) groups excluding carboxylic acids is 1. The number of pyridine rings is 1. The molecule has 1 N–H and O–H groups in total. The lowest BCUT2D eigenvalue weighted by atomic mass is 10.1. The molecule has 2 heterocycles. The third-order valence-electron chi connectivity index (χ3n) is 5.19. The minimum Gasteiger partial charge on any atom is -0.495 e. The van der Waals surface area contributed by atoms with Crippen LogP contribution >= 0.6 is 11.6 Å². The number of anilines is 1. The first kappa shape index (κ1) is 20.9. The van der Waals surface area contributed by atoms with Gasteiger partial charge in [0, 0.05) is 16.8 Å². The predicted molar refractivity (Wildman–Crippen MR) is 124 cm³/mol. The van der Waals surface area contributed by atoms with Crippen molar-refractivity contribution in [3.8, 4) is 11.4 Å². The SMILES string of the molecule is COc1cc(Cl)c(C)cc1NC(=O)c1cc(C)nc2c1c(C)nn2-c1ccc(C)cc1. The van der Waals surface area contributed by atoms with Gasteiger partial charge in [-0.25, -0.2) is 9.67 Å². The normalized spacial score (nSPS) is 11.0. The van der Waals surface area contributed by atoms with E-state index in [1.807, 2.05) is 52.0 Å². The molecule has 4 rings (SSSR count). The Labute approximate surface area is 185 Å². The van der Waals surface area contributed by atoms with Crippen LogP contribution in [0, 0.1) is 27.7 Å². The molecule has 0 bridgehead atoms. The predicted octanol–water partition coefficient (Wildman–Crippen LogP) is 5.57. The van der Waals surface area contributed by atoms with Gasteiger partial charge in [0.1, 0.15) is 5.75 Å². The van der Waals surface area contributed by atoms with Crippen molar-refractivity contribution in [3.63, 3.8) is 0 Å². The van der Waals surface area contributed by atoms with Gasteiger partial charge in [-0.15, -0.1) is 0 Å². The number of amides is 1. The van der Waals surface area contributed by atoms with Crippen molar-refractivity contribution in [3.05, 3.63) is 75.6 Å². The van der Waals surface area contributed by atoms with E-state index >= 15 is 0 Å². The lowest BCUT2D eigenvalue weighted by Crippen LogP contribution is -2.14. The number of halogens is 1. The summed E-state index contributed by atoms with van der Waals surface area (Å²) < 4.78 is 7.18. The number of hydrogen-bond acceptors (Lipinski definition) is 4. The Balaban J connectivity index is 1.82. The summed E-state index contributed by atoms with van der Waals surface area (Å²) in [4.78, 5) is 18.0. The van der Waals surface area contributed by atoms with Crippen LogP contribution in [0.2, 0.25) is 5.02 Å². The number of carbonyl (C=O) groups is 1. The second-order valence-corrected chi connectivity index (χ2v) is 8.01. The van der Waals surface area contributed by atoms with Crippen molar-refractivity contribution in [2.45, 2.75) is 27.7 Å². The molecule has 158 valence electrons. The summed E-state index contributed by atoms with van der Waals surface area (Å²) in [6.45, 7) is 7.66. The van der Waals surface area contributed by atoms with Crippen molar-refractivity contribution in [1.82, 2.24) is 14.8 Å². The molecule has 2 aromatic carbocycles. The first-order valence-corrected chi connectivity index (χ1v) is 10.3. The summed E-state index contributed by atoms with van der Waals surface area (Å²) in [7, 11) is 1.54. The van der Waals surface area contributed by atoms with Gasteiger partial charge >= 0.3 is 0 Å². The highest BCUT2D eigenvalue weighted by Gasteiger charge is 2.21. The molecule has 0 aliphatic heterocycles. The number of aromatic nitrogens is 3. The van der Waals surface area contributed by atoms with E-state index in [0.29, 0.717) is 33.1 Å². The molecule has 2 aromatic heterocycles. The Morgan fingerprint density at radius 2 is 1.77 bits per heavy atom. The molecule has 0 radical (unpaired) electrons. The molecule has 1 amide bonds. The van der Waals surface area contributed by atoms with E-state index in [0.717, 1.165) is 28.2 Å². The Kier molecular flexibility index (Phi) is 5.41. The molecule has 0 fully saturated rings. The number of ether oxygens (including phenoxy) is 1. The molecule has 0 unspecified atom stereocenters. The number of methoxy groups -OCH3 is 1. The van der Waals surface area contributed by atoms with Gasteiger partial charge in [-0.1, -0.05) is 29.3 Å². The largest absolute Gasteiger partial charge is 0.495 e. The zero-order valence-electron chi connectivity index (χ0n) is 18.1. The maximum Gasteiger partial charge on any atom is 0.256 e. The van der Waals surface area contributed by atoms with Crippen LogP contribution in [-0.2, 0) is 0 Å². The summed E-state index contributed by atoms with van der Waals surface area (Å²) in [6.07, 6.45) is 0. The van der Waals surface area contributed by atoms with Crippen LogP contribution in [0.25, 0.3) is 16.7 Å². The van der Waals surface area contributed by atoms with Crippen molar-refractivity contribution in [1.29, 1.82) is 0 Å². The lowest BCUT2D eigenvalue weighted by molar-refractivity contribution is 0.102. The summed E-state index contributed by atoms with van der Waals surface area (Å²) in [5, 5.41) is 8.93. The van der Waals surface area contributed by atoms with Gasteiger partial charge in [-0.05, 0) is 57.5 Å². The molecule has 31 heavy (non-hydrogen) atoms. The second kappa shape index (κ2) is 8.04. The number of fused-ring (bicyclic) bond motifs is 1. The molecule has 6 nitrogen and oxygen atoms in total. The van der Waals surface area contributed by atoms with E-state index in [1.165, 1.54) is 0 Å². The van der Waals surface area contributed by atoms with E-state index in [2.05, 4.69) is 15.4 Å². The van der Waals surface area contributed by atoms with Gasteiger partial charge in [0.2, 0.25) is 0 Å². The Morgan fingerprint density at radius 3 is 2.45 bits per heavy atom. The first-order chi connectivity index (χ1) is 14.8. The Bertz CT molecular complexity index is 1310. The molecule has 4 aromatic rings. The minimum atomic E-state index is -0.262. The van der Waals surface area contributed by atoms with E-state index in [1.54, 1.807) is 30.0 Å². The number of nitrogens with one attached hydrogen (secondary N) is 1. The van der Waals surface area contributed by atoms with Gasteiger partial charge < -0.3 is 10.1 Å². The molecule has 0 saturated carbocycles. The molecule has 0 saturated heterocycles. The third-order valence-corrected chi connectivity index (χ3v) is 5.60. The Morgan fingerprint density at radius 1 is 1.06 bits per heavy atom. The van der Waals surface area contributed by atoms with Crippen LogP contribution in [0.4, 0.5) is 5.69 Å². The third kappa shape index (κ3) is 3.86.